The summed E-state index contributed by atoms with van der Waals surface area (Å²) in [6, 6.07) is 0.126. The van der Waals surface area contributed by atoms with Crippen LogP contribution in [0.5, 0.6) is 0 Å². The van der Waals surface area contributed by atoms with Crippen molar-refractivity contribution in [2.75, 3.05) is 0 Å². The molecule has 1 heterocycles. The average Bonchev–Trinajstić information content (AvgIpc) is 2.86. The fourth-order valence-corrected chi connectivity index (χ4v) is 4.21. The molecule has 0 radical (unpaired) electrons. The van der Waals surface area contributed by atoms with Gasteiger partial charge in [-0.1, -0.05) is 46.0 Å². The van der Waals surface area contributed by atoms with Gasteiger partial charge in [-0.3, -0.25) is 4.68 Å². The predicted octanol–water partition coefficient (Wildman–Crippen LogP) is 5.05. The van der Waals surface area contributed by atoms with E-state index in [0.717, 1.165) is 23.4 Å². The normalized spacial score (nSPS) is 24.2. The lowest BCUT2D eigenvalue weighted by molar-refractivity contribution is 0.227. The molecular weight excluding hydrogens is 326 g/mol. The molecule has 0 bridgehead atoms. The van der Waals surface area contributed by atoms with Gasteiger partial charge >= 0.3 is 0 Å². The maximum Gasteiger partial charge on any atom is 0.0696 e. The monoisotopic (exact) mass is 355 g/mol. The van der Waals surface area contributed by atoms with Gasteiger partial charge in [-0.15, -0.1) is 0 Å². The highest BCUT2D eigenvalue weighted by Gasteiger charge is 2.29. The number of halogens is 1. The molecule has 1 saturated carbocycles. The summed E-state index contributed by atoms with van der Waals surface area (Å²) in [7, 11) is 0. The van der Waals surface area contributed by atoms with Crippen molar-refractivity contribution in [1.29, 1.82) is 0 Å². The van der Waals surface area contributed by atoms with E-state index in [9.17, 15) is 0 Å². The molecule has 1 fully saturated rings. The minimum absolute atomic E-state index is 0.126. The Hall–Kier alpha value is -0.350. The second-order valence-electron chi connectivity index (χ2n) is 6.55. The third kappa shape index (κ3) is 4.32. The predicted molar refractivity (Wildman–Crippen MR) is 92.1 cm³/mol. The minimum Gasteiger partial charge on any atom is -0.322 e. The number of unbranched alkanes of at least 4 members (excludes halogenated alkanes) is 1. The standard InChI is InChI=1S/C17H30BrN3/c1-3-5-6-13-7-9-14(10-8-13)16(19)17-15(18)12-20-21(17)11-4-2/h12-14,16H,3-11,19H2,1-2H3. The van der Waals surface area contributed by atoms with Crippen molar-refractivity contribution in [1.82, 2.24) is 9.78 Å². The summed E-state index contributed by atoms with van der Waals surface area (Å²) in [6.45, 7) is 5.43. The molecule has 120 valence electrons. The second-order valence-corrected chi connectivity index (χ2v) is 7.40. The zero-order chi connectivity index (χ0) is 15.2. The van der Waals surface area contributed by atoms with Crippen LogP contribution in [0.25, 0.3) is 0 Å². The van der Waals surface area contributed by atoms with Gasteiger partial charge in [0.05, 0.1) is 22.4 Å². The van der Waals surface area contributed by atoms with Crippen molar-refractivity contribution in [3.63, 3.8) is 0 Å². The van der Waals surface area contributed by atoms with Crippen LogP contribution in [0.1, 0.15) is 76.9 Å². The summed E-state index contributed by atoms with van der Waals surface area (Å²) in [5, 5.41) is 4.47. The first-order valence-corrected chi connectivity index (χ1v) is 9.43. The number of rotatable bonds is 7. The average molecular weight is 356 g/mol. The van der Waals surface area contributed by atoms with Crippen molar-refractivity contribution in [3.05, 3.63) is 16.4 Å². The zero-order valence-electron chi connectivity index (χ0n) is 13.5. The molecular formula is C17H30BrN3. The number of aryl methyl sites for hydroxylation is 1. The molecule has 3 nitrogen and oxygen atoms in total. The van der Waals surface area contributed by atoms with Gasteiger partial charge in [-0.2, -0.15) is 5.10 Å². The molecule has 1 aromatic rings. The van der Waals surface area contributed by atoms with Gasteiger partial charge in [-0.25, -0.2) is 0 Å². The Morgan fingerprint density at radius 1 is 1.29 bits per heavy atom. The highest BCUT2D eigenvalue weighted by atomic mass is 79.9. The molecule has 1 aliphatic carbocycles. The summed E-state index contributed by atoms with van der Waals surface area (Å²) < 4.78 is 3.18. The van der Waals surface area contributed by atoms with Crippen LogP contribution in [-0.4, -0.2) is 9.78 Å². The van der Waals surface area contributed by atoms with Crippen LogP contribution >= 0.6 is 15.9 Å². The molecule has 1 aliphatic rings. The molecule has 0 spiro atoms. The number of aromatic nitrogens is 2. The summed E-state index contributed by atoms with van der Waals surface area (Å²) >= 11 is 3.64. The van der Waals surface area contributed by atoms with E-state index in [1.54, 1.807) is 0 Å². The largest absolute Gasteiger partial charge is 0.322 e. The molecule has 4 heteroatoms. The highest BCUT2D eigenvalue weighted by molar-refractivity contribution is 9.10. The quantitative estimate of drug-likeness (QED) is 0.743. The van der Waals surface area contributed by atoms with Gasteiger partial charge in [-0.05, 0) is 47.0 Å². The van der Waals surface area contributed by atoms with Gasteiger partial charge < -0.3 is 5.73 Å². The fourth-order valence-electron chi connectivity index (χ4n) is 3.65. The van der Waals surface area contributed by atoms with Crippen LogP contribution in [0.2, 0.25) is 0 Å². The van der Waals surface area contributed by atoms with Gasteiger partial charge in [0.15, 0.2) is 0 Å². The lowest BCUT2D eigenvalue weighted by Crippen LogP contribution is -2.28. The second kappa shape index (κ2) is 8.33. The fraction of sp³-hybridized carbons (Fsp3) is 0.824. The van der Waals surface area contributed by atoms with Crippen molar-refractivity contribution >= 4 is 15.9 Å². The Balaban J connectivity index is 1.95. The van der Waals surface area contributed by atoms with E-state index in [1.807, 2.05) is 6.20 Å². The van der Waals surface area contributed by atoms with Gasteiger partial charge in [0, 0.05) is 6.54 Å². The molecule has 0 aromatic carbocycles. The molecule has 0 aliphatic heterocycles. The lowest BCUT2D eigenvalue weighted by atomic mass is 9.76. The van der Waals surface area contributed by atoms with E-state index in [4.69, 9.17) is 5.73 Å². The SMILES string of the molecule is CCCCC1CCC(C(N)c2c(Br)cnn2CCC)CC1. The minimum atomic E-state index is 0.126. The Bertz CT molecular complexity index is 422. The first-order valence-electron chi connectivity index (χ1n) is 8.64. The molecule has 1 atom stereocenters. The van der Waals surface area contributed by atoms with Crippen molar-refractivity contribution in [2.45, 2.75) is 77.8 Å². The van der Waals surface area contributed by atoms with Crippen LogP contribution in [0.15, 0.2) is 10.7 Å². The molecule has 0 amide bonds. The zero-order valence-corrected chi connectivity index (χ0v) is 15.1. The molecule has 1 aromatic heterocycles. The maximum absolute atomic E-state index is 6.60. The van der Waals surface area contributed by atoms with E-state index < -0.39 is 0 Å². The molecule has 21 heavy (non-hydrogen) atoms. The van der Waals surface area contributed by atoms with E-state index in [2.05, 4.69) is 39.6 Å². The van der Waals surface area contributed by atoms with Crippen molar-refractivity contribution < 1.29 is 0 Å². The van der Waals surface area contributed by atoms with Crippen LogP contribution in [-0.2, 0) is 6.54 Å². The van der Waals surface area contributed by atoms with Crippen LogP contribution < -0.4 is 5.73 Å². The summed E-state index contributed by atoms with van der Waals surface area (Å²) in [5.41, 5.74) is 7.80. The molecule has 2 N–H and O–H groups in total. The Morgan fingerprint density at radius 3 is 2.62 bits per heavy atom. The van der Waals surface area contributed by atoms with Gasteiger partial charge in [0.25, 0.3) is 0 Å². The van der Waals surface area contributed by atoms with Gasteiger partial charge in [0.1, 0.15) is 0 Å². The summed E-state index contributed by atoms with van der Waals surface area (Å²) in [6.07, 6.45) is 12.4. The third-order valence-electron chi connectivity index (χ3n) is 4.95. The summed E-state index contributed by atoms with van der Waals surface area (Å²) in [5.74, 6) is 1.56. The molecule has 1 unspecified atom stereocenters. The number of hydrogen-bond donors (Lipinski definition) is 1. The maximum atomic E-state index is 6.60. The number of nitrogens with two attached hydrogens (primary N) is 1. The highest BCUT2D eigenvalue weighted by Crippen LogP contribution is 2.39. The van der Waals surface area contributed by atoms with E-state index in [-0.39, 0.29) is 6.04 Å². The first kappa shape index (κ1) is 17.0. The van der Waals surface area contributed by atoms with Crippen molar-refractivity contribution in [2.24, 2.45) is 17.6 Å². The third-order valence-corrected chi connectivity index (χ3v) is 5.56. The molecule has 0 saturated heterocycles. The number of nitrogens with zero attached hydrogens (tertiary/aromatic N) is 2. The number of hydrogen-bond acceptors (Lipinski definition) is 2. The van der Waals surface area contributed by atoms with Crippen LogP contribution in [0.4, 0.5) is 0 Å². The van der Waals surface area contributed by atoms with Crippen LogP contribution in [0, 0.1) is 11.8 Å². The van der Waals surface area contributed by atoms with E-state index in [0.29, 0.717) is 5.92 Å². The van der Waals surface area contributed by atoms with E-state index in [1.165, 1.54) is 50.6 Å². The Morgan fingerprint density at radius 2 is 2.00 bits per heavy atom. The topological polar surface area (TPSA) is 43.8 Å². The van der Waals surface area contributed by atoms with Gasteiger partial charge in [0.2, 0.25) is 0 Å². The first-order chi connectivity index (χ1) is 10.2. The van der Waals surface area contributed by atoms with E-state index >= 15 is 0 Å². The Kier molecular flexibility index (Phi) is 6.74. The van der Waals surface area contributed by atoms with Crippen LogP contribution in [0.3, 0.4) is 0 Å². The molecule has 2 rings (SSSR count). The smallest absolute Gasteiger partial charge is 0.0696 e. The van der Waals surface area contributed by atoms with Crippen molar-refractivity contribution in [3.8, 4) is 0 Å². The summed E-state index contributed by atoms with van der Waals surface area (Å²) in [4.78, 5) is 0. The lowest BCUT2D eigenvalue weighted by Gasteiger charge is -2.32. The Labute approximate surface area is 137 Å².